The Kier molecular flexibility index (Phi) is 5.32. The van der Waals surface area contributed by atoms with Gasteiger partial charge in [-0.05, 0) is 31.6 Å². The minimum Gasteiger partial charge on any atom is -0.508 e. The Bertz CT molecular complexity index is 1280. The molecule has 8 N–H and O–H groups in total. The summed E-state index contributed by atoms with van der Waals surface area (Å²) in [5, 5.41) is 64.7. The second-order valence-electron chi connectivity index (χ2n) is 9.28. The zero-order valence-electron chi connectivity index (χ0n) is 18.9. The fraction of sp³-hybridized carbons (Fsp3) is 0.391. The molecule has 0 aromatic heterocycles. The van der Waals surface area contributed by atoms with Gasteiger partial charge in [-0.25, -0.2) is 4.79 Å². The second kappa shape index (κ2) is 7.63. The largest absolute Gasteiger partial charge is 0.508 e. The normalized spacial score (nSPS) is 32.3. The minimum atomic E-state index is -3.02. The van der Waals surface area contributed by atoms with E-state index in [4.69, 9.17) is 5.73 Å². The van der Waals surface area contributed by atoms with Crippen molar-refractivity contribution in [2.24, 2.45) is 17.6 Å². The van der Waals surface area contributed by atoms with Gasteiger partial charge in [-0.3, -0.25) is 19.3 Å². The summed E-state index contributed by atoms with van der Waals surface area (Å²) in [6.07, 6.45) is -1.72. The van der Waals surface area contributed by atoms with Crippen LogP contribution in [0.2, 0.25) is 0 Å². The molecule has 1 fully saturated rings. The number of primary amides is 1. The third-order valence-electron chi connectivity index (χ3n) is 7.36. The number of Topliss-reactive ketones (excluding diaryl/α,β-unsaturated/α-hetero) is 2. The highest BCUT2D eigenvalue weighted by molar-refractivity contribution is 6.24. The summed E-state index contributed by atoms with van der Waals surface area (Å²) in [5.41, 5.74) is -0.0870. The first-order chi connectivity index (χ1) is 16.2. The van der Waals surface area contributed by atoms with E-state index >= 15 is 0 Å². The highest BCUT2D eigenvalue weighted by Gasteiger charge is 2.68. The predicted octanol–water partition coefficient (Wildman–Crippen LogP) is -0.806. The zero-order valence-corrected chi connectivity index (χ0v) is 18.9. The Balaban J connectivity index is 2.07. The molecule has 186 valence electrons. The number of aromatic hydroxyl groups is 1. The number of aliphatic hydroxyl groups excluding tert-OH is 3. The van der Waals surface area contributed by atoms with E-state index in [1.807, 2.05) is 0 Å². The molecule has 4 rings (SSSR count). The van der Waals surface area contributed by atoms with Gasteiger partial charge in [0.25, 0.3) is 5.91 Å². The summed E-state index contributed by atoms with van der Waals surface area (Å²) in [6.45, 7) is 1.55. The molecule has 0 bridgehead atoms. The van der Waals surface area contributed by atoms with Crippen molar-refractivity contribution in [2.75, 3.05) is 14.1 Å². The van der Waals surface area contributed by atoms with E-state index in [1.54, 1.807) is 6.92 Å². The van der Waals surface area contributed by atoms with Crippen LogP contribution < -0.4 is 5.73 Å². The number of phenols is 1. The second-order valence-corrected chi connectivity index (χ2v) is 9.28. The number of carboxylic acids is 1. The van der Waals surface area contributed by atoms with Gasteiger partial charge in [0.15, 0.2) is 11.4 Å². The maximum atomic E-state index is 13.8. The quantitative estimate of drug-likeness (QED) is 0.261. The predicted molar refractivity (Wildman–Crippen MR) is 117 cm³/mol. The van der Waals surface area contributed by atoms with Crippen molar-refractivity contribution < 1.29 is 49.8 Å². The molecular weight excluding hydrogens is 464 g/mol. The third-order valence-corrected chi connectivity index (χ3v) is 7.36. The number of aromatic carboxylic acids is 1. The van der Waals surface area contributed by atoms with E-state index in [0.29, 0.717) is 0 Å². The summed E-state index contributed by atoms with van der Waals surface area (Å²) in [6, 6.07) is 0.989. The summed E-state index contributed by atoms with van der Waals surface area (Å²) < 4.78 is 0. The van der Waals surface area contributed by atoms with Gasteiger partial charge in [0.2, 0.25) is 5.78 Å². The standard InChI is InChI=1S/C23H24N2O10/c1-6-7-4-5-8(22(33)34)15(26)10(7)16(27)11-9(6)17(28)13-14(25(2)3)18(29)12(21(24)32)20(31)23(13,35)19(11)30/h4-6,9,13-14,17,26-28,31,35H,1-3H3,(H2,24,32)(H,33,34)/t6?,9?,13?,14-,17?,23?/m0/s1. The van der Waals surface area contributed by atoms with E-state index < -0.39 is 92.9 Å². The average Bonchev–Trinajstić information content (AvgIpc) is 2.75. The topological polar surface area (TPSA) is 219 Å². The first-order valence-corrected chi connectivity index (χ1v) is 10.6. The van der Waals surface area contributed by atoms with Crippen LogP contribution in [-0.4, -0.2) is 90.8 Å². The maximum absolute atomic E-state index is 13.8. The van der Waals surface area contributed by atoms with E-state index in [1.165, 1.54) is 25.1 Å². The van der Waals surface area contributed by atoms with Crippen LogP contribution in [0.15, 0.2) is 29.0 Å². The number of likely N-dealkylation sites (N-methyl/N-ethyl adjacent to an activating group) is 1. The molecule has 1 aromatic carbocycles. The molecule has 6 atom stereocenters. The number of ketones is 2. The van der Waals surface area contributed by atoms with Crippen molar-refractivity contribution >= 4 is 29.2 Å². The number of nitrogens with zero attached hydrogens (tertiary/aromatic N) is 1. The number of hydrogen-bond acceptors (Lipinski definition) is 10. The lowest BCUT2D eigenvalue weighted by molar-refractivity contribution is -0.169. The van der Waals surface area contributed by atoms with Crippen LogP contribution in [0.4, 0.5) is 0 Å². The Morgan fingerprint density at radius 3 is 2.23 bits per heavy atom. The van der Waals surface area contributed by atoms with Crippen molar-refractivity contribution in [1.29, 1.82) is 0 Å². The summed E-state index contributed by atoms with van der Waals surface area (Å²) in [7, 11) is 2.82. The number of rotatable bonds is 3. The molecule has 5 unspecified atom stereocenters. The number of hydrogen-bond donors (Lipinski definition) is 7. The molecule has 1 saturated carbocycles. The maximum Gasteiger partial charge on any atom is 0.339 e. The highest BCUT2D eigenvalue weighted by Crippen LogP contribution is 2.56. The van der Waals surface area contributed by atoms with Crippen LogP contribution in [-0.2, 0) is 14.4 Å². The number of carbonyl (C=O) groups is 4. The SMILES string of the molecule is CC1c2ccc(C(=O)O)c(O)c2C(O)=C2C(=O)C3(O)C(O)=C(C(N)=O)C(=O)[C@@H](N(C)C)C3C(O)C21. The van der Waals surface area contributed by atoms with Gasteiger partial charge in [-0.15, -0.1) is 0 Å². The molecule has 1 amide bonds. The highest BCUT2D eigenvalue weighted by atomic mass is 16.4. The van der Waals surface area contributed by atoms with Crippen molar-refractivity contribution in [1.82, 2.24) is 4.90 Å². The molecule has 35 heavy (non-hydrogen) atoms. The molecule has 3 aliphatic rings. The first-order valence-electron chi connectivity index (χ1n) is 10.6. The van der Waals surface area contributed by atoms with E-state index in [-0.39, 0.29) is 11.1 Å². The third kappa shape index (κ3) is 2.90. The number of amides is 1. The number of carbonyl (C=O) groups excluding carboxylic acids is 3. The lowest BCUT2D eigenvalue weighted by Crippen LogP contribution is -2.70. The molecule has 0 heterocycles. The molecule has 0 radical (unpaired) electrons. The number of carboxylic acid groups (broad SMARTS) is 1. The van der Waals surface area contributed by atoms with Crippen molar-refractivity contribution in [3.63, 3.8) is 0 Å². The van der Waals surface area contributed by atoms with E-state index in [2.05, 4.69) is 0 Å². The van der Waals surface area contributed by atoms with E-state index in [0.717, 1.165) is 6.07 Å². The molecule has 0 aliphatic heterocycles. The van der Waals surface area contributed by atoms with Gasteiger partial charge >= 0.3 is 5.97 Å². The van der Waals surface area contributed by atoms with Crippen LogP contribution in [0.5, 0.6) is 5.75 Å². The van der Waals surface area contributed by atoms with Crippen LogP contribution in [0, 0.1) is 11.8 Å². The molecule has 12 nitrogen and oxygen atoms in total. The van der Waals surface area contributed by atoms with Crippen molar-refractivity contribution in [3.8, 4) is 5.75 Å². The average molecular weight is 488 g/mol. The number of aliphatic hydroxyl groups is 4. The van der Waals surface area contributed by atoms with Crippen molar-refractivity contribution in [2.45, 2.75) is 30.6 Å². The number of benzene rings is 1. The Morgan fingerprint density at radius 2 is 1.71 bits per heavy atom. The molecule has 12 heteroatoms. The van der Waals surface area contributed by atoms with Crippen LogP contribution in [0.25, 0.3) is 5.76 Å². The van der Waals surface area contributed by atoms with Crippen molar-refractivity contribution in [3.05, 3.63) is 45.7 Å². The Morgan fingerprint density at radius 1 is 1.11 bits per heavy atom. The lowest BCUT2D eigenvalue weighted by Gasteiger charge is -2.53. The molecule has 0 saturated heterocycles. The monoisotopic (exact) mass is 488 g/mol. The van der Waals surface area contributed by atoms with Gasteiger partial charge in [0.1, 0.15) is 28.4 Å². The van der Waals surface area contributed by atoms with Gasteiger partial charge in [0.05, 0.1) is 23.6 Å². The van der Waals surface area contributed by atoms with Gasteiger partial charge in [0, 0.05) is 11.5 Å². The van der Waals surface area contributed by atoms with Gasteiger partial charge in [-0.1, -0.05) is 13.0 Å². The van der Waals surface area contributed by atoms with Crippen LogP contribution in [0.3, 0.4) is 0 Å². The van der Waals surface area contributed by atoms with Gasteiger partial charge < -0.3 is 36.4 Å². The molecule has 0 spiro atoms. The fourth-order valence-corrected chi connectivity index (χ4v) is 5.79. The Labute approximate surface area is 198 Å². The summed E-state index contributed by atoms with van der Waals surface area (Å²) in [4.78, 5) is 51.6. The number of nitrogens with two attached hydrogens (primary N) is 1. The number of fused-ring (bicyclic) bond motifs is 3. The lowest BCUT2D eigenvalue weighted by atomic mass is 9.54. The minimum absolute atomic E-state index is 0.220. The Hall–Kier alpha value is -3.74. The smallest absolute Gasteiger partial charge is 0.339 e. The van der Waals surface area contributed by atoms with Crippen LogP contribution in [0.1, 0.15) is 34.3 Å². The van der Waals surface area contributed by atoms with Gasteiger partial charge in [-0.2, -0.15) is 0 Å². The summed E-state index contributed by atoms with van der Waals surface area (Å²) in [5.74, 6) is -12.0. The first kappa shape index (κ1) is 24.4. The zero-order chi connectivity index (χ0) is 26.3. The fourth-order valence-electron chi connectivity index (χ4n) is 5.79. The molecular formula is C23H24N2O10. The van der Waals surface area contributed by atoms with Crippen LogP contribution >= 0.6 is 0 Å². The molecule has 1 aromatic rings. The van der Waals surface area contributed by atoms with E-state index in [9.17, 15) is 49.8 Å². The molecule has 3 aliphatic carbocycles. The summed E-state index contributed by atoms with van der Waals surface area (Å²) >= 11 is 0.